The van der Waals surface area contributed by atoms with Crippen molar-refractivity contribution in [2.24, 2.45) is 0 Å². The summed E-state index contributed by atoms with van der Waals surface area (Å²) in [5.41, 5.74) is 1.70. The number of aryl methyl sites for hydroxylation is 1. The summed E-state index contributed by atoms with van der Waals surface area (Å²) in [5.74, 6) is -0.517. The Balaban J connectivity index is 1.76. The van der Waals surface area contributed by atoms with Gasteiger partial charge in [0.15, 0.2) is 0 Å². The number of nitrogens with one attached hydrogen (secondary N) is 1. The molecule has 0 aliphatic heterocycles. The fourth-order valence-electron chi connectivity index (χ4n) is 5.59. The SMILES string of the molecule is CCOc1ccccc1N(CC(=O)N(Cc1ccc(Cl)cc1Cl)C(CC)C(=O)NC1CCCCC1)S(=O)(=O)c1ccc(C)cc1. The molecule has 0 aromatic heterocycles. The maximum absolute atomic E-state index is 14.4. The van der Waals surface area contributed by atoms with Crippen LogP contribution in [0.3, 0.4) is 0 Å². The van der Waals surface area contributed by atoms with Crippen LogP contribution in [0.25, 0.3) is 0 Å². The molecule has 1 atom stereocenters. The zero-order valence-electron chi connectivity index (χ0n) is 26.0. The first-order valence-corrected chi connectivity index (χ1v) is 17.6. The van der Waals surface area contributed by atoms with Crippen molar-refractivity contribution >= 4 is 50.7 Å². The second-order valence-electron chi connectivity index (χ2n) is 11.3. The lowest BCUT2D eigenvalue weighted by Crippen LogP contribution is -2.54. The van der Waals surface area contributed by atoms with Gasteiger partial charge in [0.2, 0.25) is 11.8 Å². The number of sulfonamides is 1. The normalized spacial score (nSPS) is 14.4. The van der Waals surface area contributed by atoms with Crippen molar-refractivity contribution in [1.29, 1.82) is 0 Å². The van der Waals surface area contributed by atoms with Crippen LogP contribution in [0.2, 0.25) is 10.0 Å². The molecule has 2 amide bonds. The number of amides is 2. The van der Waals surface area contributed by atoms with Gasteiger partial charge in [-0.2, -0.15) is 0 Å². The van der Waals surface area contributed by atoms with Crippen LogP contribution in [0.4, 0.5) is 5.69 Å². The third-order valence-electron chi connectivity index (χ3n) is 8.01. The fourth-order valence-corrected chi connectivity index (χ4v) is 7.48. The highest BCUT2D eigenvalue weighted by atomic mass is 35.5. The van der Waals surface area contributed by atoms with Crippen molar-refractivity contribution in [2.45, 2.75) is 82.8 Å². The van der Waals surface area contributed by atoms with E-state index in [9.17, 15) is 18.0 Å². The van der Waals surface area contributed by atoms with Crippen LogP contribution in [0.15, 0.2) is 71.6 Å². The third-order valence-corrected chi connectivity index (χ3v) is 10.4. The number of hydrogen-bond donors (Lipinski definition) is 1. The molecule has 242 valence electrons. The number of rotatable bonds is 13. The molecular formula is C34H41Cl2N3O5S. The highest BCUT2D eigenvalue weighted by molar-refractivity contribution is 7.92. The van der Waals surface area contributed by atoms with Crippen molar-refractivity contribution in [3.8, 4) is 5.75 Å². The third kappa shape index (κ3) is 8.71. The Morgan fingerprint density at radius 2 is 1.67 bits per heavy atom. The Morgan fingerprint density at radius 1 is 0.978 bits per heavy atom. The predicted molar refractivity (Wildman–Crippen MR) is 179 cm³/mol. The summed E-state index contributed by atoms with van der Waals surface area (Å²) in [6.07, 6.45) is 5.30. The number of hydrogen-bond acceptors (Lipinski definition) is 5. The maximum Gasteiger partial charge on any atom is 0.264 e. The van der Waals surface area contributed by atoms with Gasteiger partial charge in [-0.1, -0.05) is 85.3 Å². The molecule has 1 aliphatic rings. The molecule has 0 saturated heterocycles. The predicted octanol–water partition coefficient (Wildman–Crippen LogP) is 7.15. The molecule has 0 radical (unpaired) electrons. The number of nitrogens with zero attached hydrogens (tertiary/aromatic N) is 2. The smallest absolute Gasteiger partial charge is 0.264 e. The van der Waals surface area contributed by atoms with E-state index in [0.717, 1.165) is 42.0 Å². The minimum atomic E-state index is -4.24. The molecule has 1 unspecified atom stereocenters. The molecule has 3 aromatic rings. The van der Waals surface area contributed by atoms with Gasteiger partial charge in [-0.25, -0.2) is 8.42 Å². The van der Waals surface area contributed by atoms with Crippen molar-refractivity contribution in [3.05, 3.63) is 87.9 Å². The van der Waals surface area contributed by atoms with Crippen molar-refractivity contribution in [2.75, 3.05) is 17.5 Å². The zero-order valence-corrected chi connectivity index (χ0v) is 28.3. The van der Waals surface area contributed by atoms with Crippen LogP contribution in [-0.4, -0.2) is 50.4 Å². The monoisotopic (exact) mass is 673 g/mol. The summed E-state index contributed by atoms with van der Waals surface area (Å²) in [5, 5.41) is 3.93. The summed E-state index contributed by atoms with van der Waals surface area (Å²) < 4.78 is 35.3. The number of ether oxygens (including phenoxy) is 1. The van der Waals surface area contributed by atoms with Crippen molar-refractivity contribution in [1.82, 2.24) is 10.2 Å². The van der Waals surface area contributed by atoms with E-state index < -0.39 is 28.5 Å². The summed E-state index contributed by atoms with van der Waals surface area (Å²) >= 11 is 12.7. The van der Waals surface area contributed by atoms with Gasteiger partial charge >= 0.3 is 0 Å². The molecule has 1 saturated carbocycles. The molecule has 8 nitrogen and oxygen atoms in total. The lowest BCUT2D eigenvalue weighted by Gasteiger charge is -2.35. The topological polar surface area (TPSA) is 96.0 Å². The Hall–Kier alpha value is -3.27. The van der Waals surface area contributed by atoms with Gasteiger partial charge in [-0.05, 0) is 75.1 Å². The average Bonchev–Trinajstić information content (AvgIpc) is 3.02. The first-order valence-electron chi connectivity index (χ1n) is 15.4. The summed E-state index contributed by atoms with van der Waals surface area (Å²) in [4.78, 5) is 29.6. The van der Waals surface area contributed by atoms with E-state index in [1.54, 1.807) is 61.5 Å². The van der Waals surface area contributed by atoms with E-state index in [4.69, 9.17) is 27.9 Å². The highest BCUT2D eigenvalue weighted by Gasteiger charge is 2.35. The summed E-state index contributed by atoms with van der Waals surface area (Å²) in [6.45, 7) is 5.21. The van der Waals surface area contributed by atoms with Crippen LogP contribution in [0.1, 0.15) is 63.5 Å². The van der Waals surface area contributed by atoms with Gasteiger partial charge < -0.3 is 15.0 Å². The minimum absolute atomic E-state index is 0.0169. The number of anilines is 1. The van der Waals surface area contributed by atoms with E-state index in [1.807, 2.05) is 13.8 Å². The second kappa shape index (κ2) is 15.8. The Bertz CT molecular complexity index is 1580. The lowest BCUT2D eigenvalue weighted by atomic mass is 9.95. The average molecular weight is 675 g/mol. The van der Waals surface area contributed by atoms with Crippen LogP contribution in [0, 0.1) is 6.92 Å². The van der Waals surface area contributed by atoms with Crippen LogP contribution in [0.5, 0.6) is 5.75 Å². The Morgan fingerprint density at radius 3 is 2.31 bits per heavy atom. The molecule has 4 rings (SSSR count). The van der Waals surface area contributed by atoms with Crippen LogP contribution in [-0.2, 0) is 26.2 Å². The van der Waals surface area contributed by atoms with Crippen LogP contribution >= 0.6 is 23.2 Å². The molecule has 0 bridgehead atoms. The molecular weight excluding hydrogens is 633 g/mol. The van der Waals surface area contributed by atoms with Gasteiger partial charge in [0, 0.05) is 22.6 Å². The standard InChI is InChI=1S/C34H41Cl2N3O5S/c1-4-30(34(41)37-27-11-7-6-8-12-27)38(22-25-17-18-26(35)21-29(25)36)33(40)23-39(31-13-9-10-14-32(31)44-5-2)45(42,43)28-19-15-24(3)16-20-28/h9-10,13-21,27,30H,4-8,11-12,22-23H2,1-3H3,(H,37,41). The zero-order chi connectivity index (χ0) is 32.6. The van der Waals surface area contributed by atoms with E-state index in [1.165, 1.54) is 17.0 Å². The van der Waals surface area contributed by atoms with Gasteiger partial charge in [0.25, 0.3) is 10.0 Å². The second-order valence-corrected chi connectivity index (χ2v) is 14.0. The van der Waals surface area contributed by atoms with E-state index in [2.05, 4.69) is 5.32 Å². The number of carbonyl (C=O) groups is 2. The van der Waals surface area contributed by atoms with Gasteiger partial charge in [-0.15, -0.1) is 0 Å². The summed E-state index contributed by atoms with van der Waals surface area (Å²) in [6, 6.07) is 17.3. The largest absolute Gasteiger partial charge is 0.492 e. The van der Waals surface area contributed by atoms with E-state index >= 15 is 0 Å². The fraction of sp³-hybridized carbons (Fsp3) is 0.412. The summed E-state index contributed by atoms with van der Waals surface area (Å²) in [7, 11) is -4.24. The maximum atomic E-state index is 14.4. The van der Waals surface area contributed by atoms with Crippen molar-refractivity contribution < 1.29 is 22.7 Å². The number of para-hydroxylation sites is 2. The quantitative estimate of drug-likeness (QED) is 0.208. The molecule has 1 N–H and O–H groups in total. The number of benzene rings is 3. The van der Waals surface area contributed by atoms with E-state index in [0.29, 0.717) is 34.4 Å². The molecule has 11 heteroatoms. The molecule has 1 fully saturated rings. The minimum Gasteiger partial charge on any atom is -0.492 e. The number of halogens is 2. The molecule has 1 aliphatic carbocycles. The Labute approximate surface area is 276 Å². The molecule has 45 heavy (non-hydrogen) atoms. The first kappa shape index (κ1) is 34.6. The molecule has 0 heterocycles. The molecule has 3 aromatic carbocycles. The van der Waals surface area contributed by atoms with E-state index in [-0.39, 0.29) is 29.1 Å². The van der Waals surface area contributed by atoms with Gasteiger partial charge in [0.05, 0.1) is 17.2 Å². The van der Waals surface area contributed by atoms with Gasteiger partial charge in [-0.3, -0.25) is 13.9 Å². The van der Waals surface area contributed by atoms with Gasteiger partial charge in [0.1, 0.15) is 18.3 Å². The lowest BCUT2D eigenvalue weighted by molar-refractivity contribution is -0.140. The molecule has 0 spiro atoms. The Kier molecular flexibility index (Phi) is 12.2. The number of carbonyl (C=O) groups excluding carboxylic acids is 2. The first-order chi connectivity index (χ1) is 21.5. The van der Waals surface area contributed by atoms with Crippen molar-refractivity contribution in [3.63, 3.8) is 0 Å². The van der Waals surface area contributed by atoms with Crippen LogP contribution < -0.4 is 14.4 Å². The highest BCUT2D eigenvalue weighted by Crippen LogP contribution is 2.33.